The molecule has 0 saturated heterocycles. The summed E-state index contributed by atoms with van der Waals surface area (Å²) in [6.07, 6.45) is 4.86. The highest BCUT2D eigenvalue weighted by Crippen LogP contribution is 1.97. The molecule has 0 bridgehead atoms. The quantitative estimate of drug-likeness (QED) is 0.391. The van der Waals surface area contributed by atoms with Crippen LogP contribution in [0.15, 0.2) is 25.1 Å². The van der Waals surface area contributed by atoms with Crippen LogP contribution in [0, 0.1) is 0 Å². The fraction of sp³-hybridized carbons (Fsp3) is 0.600. The van der Waals surface area contributed by atoms with E-state index in [2.05, 4.69) is 27.0 Å². The minimum Gasteiger partial charge on any atom is -0.401 e. The van der Waals surface area contributed by atoms with Gasteiger partial charge in [-0.1, -0.05) is 20.3 Å². The lowest BCUT2D eigenvalue weighted by Crippen LogP contribution is -2.27. The Morgan fingerprint density at radius 3 is 2.23 bits per heavy atom. The third-order valence-electron chi connectivity index (χ3n) is 1.35. The molecule has 0 unspecified atom stereocenters. The van der Waals surface area contributed by atoms with Crippen LogP contribution in [-0.2, 0) is 0 Å². The Morgan fingerprint density at radius 2 is 1.85 bits per heavy atom. The molecule has 78 valence electrons. The highest BCUT2D eigenvalue weighted by Gasteiger charge is 1.92. The van der Waals surface area contributed by atoms with Crippen LogP contribution in [0.2, 0.25) is 0 Å². The van der Waals surface area contributed by atoms with Gasteiger partial charge in [0.05, 0.1) is 0 Å². The normalized spacial score (nSPS) is 10.2. The topological polar surface area (TPSA) is 55.3 Å². The third kappa shape index (κ3) is 11.0. The van der Waals surface area contributed by atoms with E-state index in [0.717, 1.165) is 31.5 Å². The van der Waals surface area contributed by atoms with Crippen molar-refractivity contribution in [2.75, 3.05) is 6.54 Å². The first-order valence-electron chi connectivity index (χ1n) is 4.68. The molecule has 0 aromatic carbocycles. The highest BCUT2D eigenvalue weighted by atomic mass is 15.4. The maximum absolute atomic E-state index is 5.65. The Morgan fingerprint density at radius 1 is 1.31 bits per heavy atom. The van der Waals surface area contributed by atoms with Crippen LogP contribution < -0.4 is 11.6 Å². The van der Waals surface area contributed by atoms with Crippen molar-refractivity contribution in [3.05, 3.63) is 25.1 Å². The van der Waals surface area contributed by atoms with Crippen molar-refractivity contribution in [3.63, 3.8) is 0 Å². The molecule has 0 aliphatic carbocycles. The molecular weight excluding hydrogens is 162 g/mol. The molecule has 3 nitrogen and oxygen atoms in total. The van der Waals surface area contributed by atoms with Crippen LogP contribution in [0.3, 0.4) is 0 Å². The summed E-state index contributed by atoms with van der Waals surface area (Å²) >= 11 is 0. The zero-order valence-electron chi connectivity index (χ0n) is 8.92. The summed E-state index contributed by atoms with van der Waals surface area (Å²) in [4.78, 5) is 0. The van der Waals surface area contributed by atoms with E-state index in [4.69, 9.17) is 11.6 Å². The minimum atomic E-state index is 0.864. The van der Waals surface area contributed by atoms with Gasteiger partial charge in [0.1, 0.15) is 0 Å². The first-order chi connectivity index (χ1) is 6.20. The summed E-state index contributed by atoms with van der Waals surface area (Å²) < 4.78 is 0. The molecule has 0 radical (unpaired) electrons. The summed E-state index contributed by atoms with van der Waals surface area (Å²) in [6.45, 7) is 11.1. The third-order valence-corrected chi connectivity index (χ3v) is 1.35. The first-order valence-corrected chi connectivity index (χ1v) is 4.68. The van der Waals surface area contributed by atoms with E-state index in [-0.39, 0.29) is 0 Å². The molecule has 3 heteroatoms. The van der Waals surface area contributed by atoms with Gasteiger partial charge >= 0.3 is 0 Å². The monoisotopic (exact) mass is 185 g/mol. The summed E-state index contributed by atoms with van der Waals surface area (Å²) in [6, 6.07) is 0. The zero-order chi connectivity index (χ0) is 10.7. The number of hydrogen-bond acceptors (Lipinski definition) is 3. The van der Waals surface area contributed by atoms with Crippen LogP contribution >= 0.6 is 0 Å². The van der Waals surface area contributed by atoms with Crippen LogP contribution in [0.1, 0.15) is 33.1 Å². The van der Waals surface area contributed by atoms with Crippen molar-refractivity contribution >= 4 is 0 Å². The number of rotatable bonds is 5. The Hall–Kier alpha value is -0.960. The van der Waals surface area contributed by atoms with Gasteiger partial charge in [0.25, 0.3) is 0 Å². The summed E-state index contributed by atoms with van der Waals surface area (Å²) in [5.41, 5.74) is 6.52. The fourth-order valence-corrected chi connectivity index (χ4v) is 0.889. The fourth-order valence-electron chi connectivity index (χ4n) is 0.889. The van der Waals surface area contributed by atoms with Crippen molar-refractivity contribution in [1.29, 1.82) is 0 Å². The number of nitrogens with zero attached hydrogens (tertiary/aromatic N) is 1. The van der Waals surface area contributed by atoms with E-state index in [1.165, 1.54) is 0 Å². The second-order valence-corrected chi connectivity index (χ2v) is 2.69. The average Bonchev–Trinajstić information content (AvgIpc) is 2.08. The Bertz CT molecular complexity index is 132. The lowest BCUT2D eigenvalue weighted by molar-refractivity contribution is 0.388. The predicted molar refractivity (Wildman–Crippen MR) is 59.6 cm³/mol. The van der Waals surface area contributed by atoms with E-state index >= 15 is 0 Å². The number of nitrogens with two attached hydrogens (primary N) is 2. The Kier molecular flexibility index (Phi) is 12.4. The maximum atomic E-state index is 5.65. The van der Waals surface area contributed by atoms with E-state index in [0.29, 0.717) is 0 Å². The molecule has 0 aliphatic heterocycles. The molecule has 4 N–H and O–H groups in total. The lowest BCUT2D eigenvalue weighted by Gasteiger charge is -2.12. The highest BCUT2D eigenvalue weighted by molar-refractivity contribution is 4.94. The van der Waals surface area contributed by atoms with E-state index < -0.39 is 0 Å². The van der Waals surface area contributed by atoms with Gasteiger partial charge in [0.15, 0.2) is 0 Å². The van der Waals surface area contributed by atoms with Crippen molar-refractivity contribution in [1.82, 2.24) is 5.01 Å². The van der Waals surface area contributed by atoms with Gasteiger partial charge in [0, 0.05) is 18.4 Å². The molecule has 0 atom stereocenters. The molecule has 0 fully saturated rings. The van der Waals surface area contributed by atoms with E-state index in [1.54, 1.807) is 5.01 Å². The van der Waals surface area contributed by atoms with Crippen molar-refractivity contribution in [3.8, 4) is 0 Å². The Labute approximate surface area is 82.1 Å². The second-order valence-electron chi connectivity index (χ2n) is 2.69. The first kappa shape index (κ1) is 14.6. The van der Waals surface area contributed by atoms with Crippen LogP contribution in [0.4, 0.5) is 0 Å². The number of hydrazine groups is 1. The van der Waals surface area contributed by atoms with Gasteiger partial charge in [-0.05, 0) is 12.8 Å². The van der Waals surface area contributed by atoms with Crippen molar-refractivity contribution in [2.45, 2.75) is 33.1 Å². The van der Waals surface area contributed by atoms with Gasteiger partial charge in [-0.15, -0.1) is 13.2 Å². The van der Waals surface area contributed by atoms with E-state index in [1.807, 2.05) is 6.20 Å². The largest absolute Gasteiger partial charge is 0.401 e. The van der Waals surface area contributed by atoms with Gasteiger partial charge in [-0.2, -0.15) is 0 Å². The van der Waals surface area contributed by atoms with Crippen LogP contribution in [0.5, 0.6) is 0 Å². The zero-order valence-corrected chi connectivity index (χ0v) is 8.92. The van der Waals surface area contributed by atoms with Crippen LogP contribution in [0.25, 0.3) is 0 Å². The van der Waals surface area contributed by atoms with Crippen molar-refractivity contribution < 1.29 is 0 Å². The average molecular weight is 185 g/mol. The number of allylic oxidation sites excluding steroid dienone is 1. The van der Waals surface area contributed by atoms with Gasteiger partial charge in [-0.3, -0.25) is 0 Å². The SMILES string of the molecule is C=C.CCC/C(N)=C/N(N)CCC. The molecule has 0 heterocycles. The molecule has 0 aliphatic rings. The molecule has 0 spiro atoms. The number of hydrogen-bond donors (Lipinski definition) is 2. The predicted octanol–water partition coefficient (Wildman–Crippen LogP) is 1.97. The molecule has 0 aromatic rings. The summed E-state index contributed by atoms with van der Waals surface area (Å²) in [5.74, 6) is 5.59. The molecular formula is C10H23N3. The lowest BCUT2D eigenvalue weighted by atomic mass is 10.3. The van der Waals surface area contributed by atoms with Crippen LogP contribution in [-0.4, -0.2) is 11.6 Å². The smallest absolute Gasteiger partial charge is 0.0342 e. The molecule has 0 aromatic heterocycles. The standard InChI is InChI=1S/C8H19N3.C2H4/c1-3-5-8(9)7-11(10)6-4-2;1-2/h7H,3-6,9-10H2,1-2H3;1-2H2/b8-7-;. The van der Waals surface area contributed by atoms with Gasteiger partial charge < -0.3 is 10.7 Å². The molecule has 0 rings (SSSR count). The maximum Gasteiger partial charge on any atom is 0.0342 e. The molecule has 13 heavy (non-hydrogen) atoms. The van der Waals surface area contributed by atoms with E-state index in [9.17, 15) is 0 Å². The van der Waals surface area contributed by atoms with Crippen molar-refractivity contribution in [2.24, 2.45) is 11.6 Å². The Balaban J connectivity index is 0. The minimum absolute atomic E-state index is 0.864. The van der Waals surface area contributed by atoms with Gasteiger partial charge in [0.2, 0.25) is 0 Å². The summed E-state index contributed by atoms with van der Waals surface area (Å²) in [5, 5.41) is 1.64. The van der Waals surface area contributed by atoms with Gasteiger partial charge in [-0.25, -0.2) is 5.84 Å². The molecule has 0 saturated carbocycles. The second kappa shape index (κ2) is 11.0. The summed E-state index contributed by atoms with van der Waals surface area (Å²) in [7, 11) is 0. The molecule has 0 amide bonds.